The van der Waals surface area contributed by atoms with Crippen LogP contribution in [0.25, 0.3) is 32.7 Å². The third-order valence-electron chi connectivity index (χ3n) is 9.94. The molecule has 6 aromatic rings. The van der Waals surface area contributed by atoms with Gasteiger partial charge in [0.05, 0.1) is 0 Å². The lowest BCUT2D eigenvalue weighted by Crippen LogP contribution is -2.59. The summed E-state index contributed by atoms with van der Waals surface area (Å²) in [5.41, 5.74) is 21.8. The maximum atomic E-state index is 14.5. The molecule has 15 nitrogen and oxygen atoms in total. The van der Waals surface area contributed by atoms with Crippen LogP contribution in [0.2, 0.25) is 0 Å². The predicted octanol–water partition coefficient (Wildman–Crippen LogP) is 1.67. The summed E-state index contributed by atoms with van der Waals surface area (Å²) < 4.78 is 0. The van der Waals surface area contributed by atoms with Crippen LogP contribution in [0.5, 0.6) is 0 Å². The van der Waals surface area contributed by atoms with Crippen LogP contribution in [0, 0.1) is 0 Å². The number of aromatic amines is 3. The first-order valence-corrected chi connectivity index (χ1v) is 18.7. The van der Waals surface area contributed by atoms with Crippen LogP contribution in [0.4, 0.5) is 0 Å². The van der Waals surface area contributed by atoms with Crippen molar-refractivity contribution in [3.8, 4) is 0 Å². The van der Waals surface area contributed by atoms with Gasteiger partial charge in [-0.25, -0.2) is 0 Å². The van der Waals surface area contributed by atoms with Crippen LogP contribution < -0.4 is 38.5 Å². The zero-order chi connectivity index (χ0) is 39.6. The number of hydrogen-bond donors (Lipinski definition) is 10. The van der Waals surface area contributed by atoms with E-state index in [1.54, 1.807) is 18.6 Å². The fourth-order valence-electron chi connectivity index (χ4n) is 7.01. The number of H-pyrrole nitrogens is 3. The monoisotopic (exact) mass is 760 g/mol. The number of fused-ring (bicyclic) bond motifs is 3. The molecule has 3 heterocycles. The number of nitrogens with one attached hydrogen (secondary N) is 7. The number of carbonyl (C=O) groups is 5. The maximum Gasteiger partial charge on any atom is 0.243 e. The summed E-state index contributed by atoms with van der Waals surface area (Å²) in [6.07, 6.45) is 6.20. The quantitative estimate of drug-likeness (QED) is 0.0584. The minimum Gasteiger partial charge on any atom is -0.368 e. The topological polar surface area (TPSA) is 259 Å². The molecule has 0 aliphatic carbocycles. The van der Waals surface area contributed by atoms with Crippen LogP contribution >= 0.6 is 0 Å². The summed E-state index contributed by atoms with van der Waals surface area (Å²) in [4.78, 5) is 77.7. The van der Waals surface area contributed by atoms with Gasteiger partial charge in [0.25, 0.3) is 0 Å². The normalized spacial score (nSPS) is 13.5. The maximum absolute atomic E-state index is 14.5. The van der Waals surface area contributed by atoms with Crippen LogP contribution in [0.1, 0.15) is 36.0 Å². The number of benzene rings is 3. The second-order valence-electron chi connectivity index (χ2n) is 13.9. The van der Waals surface area contributed by atoms with Crippen molar-refractivity contribution in [2.24, 2.45) is 17.2 Å². The number of primary amides is 1. The van der Waals surface area contributed by atoms with Crippen LogP contribution in [0.3, 0.4) is 0 Å². The first-order chi connectivity index (χ1) is 27.1. The molecule has 56 heavy (non-hydrogen) atoms. The summed E-state index contributed by atoms with van der Waals surface area (Å²) in [5.74, 6) is -3.03. The third kappa shape index (κ3) is 9.43. The van der Waals surface area contributed by atoms with Gasteiger partial charge in [-0.1, -0.05) is 54.6 Å². The Bertz CT molecular complexity index is 2330. The zero-order valence-electron chi connectivity index (χ0n) is 30.9. The second kappa shape index (κ2) is 18.3. The molecule has 0 aliphatic rings. The number of amides is 5. The van der Waals surface area contributed by atoms with E-state index < -0.39 is 53.7 Å². The van der Waals surface area contributed by atoms with E-state index in [4.69, 9.17) is 17.2 Å². The van der Waals surface area contributed by atoms with E-state index in [9.17, 15) is 24.0 Å². The Morgan fingerprint density at radius 1 is 0.518 bits per heavy atom. The molecule has 0 spiro atoms. The molecule has 13 N–H and O–H groups in total. The van der Waals surface area contributed by atoms with Crippen molar-refractivity contribution in [1.82, 2.24) is 36.2 Å². The zero-order valence-corrected chi connectivity index (χ0v) is 30.9. The van der Waals surface area contributed by atoms with Gasteiger partial charge in [0.15, 0.2) is 0 Å². The molecule has 0 saturated heterocycles. The highest BCUT2D eigenvalue weighted by Gasteiger charge is 2.32. The Labute approximate surface area is 322 Å². The SMILES string of the molecule is NCCC[C@H](NC(=O)[C@@H](Cc1c[nH]c2ccccc12)NC(=O)[C@@H](Cc1c[nH]c2ccccc12)NC(=O)[C@H](Cc1c[nH]c2ccccc12)NC(=O)CCN)C(N)=O. The second-order valence-corrected chi connectivity index (χ2v) is 13.9. The largest absolute Gasteiger partial charge is 0.368 e. The fourth-order valence-corrected chi connectivity index (χ4v) is 7.01. The van der Waals surface area contributed by atoms with Gasteiger partial charge in [-0.15, -0.1) is 0 Å². The highest BCUT2D eigenvalue weighted by molar-refractivity contribution is 5.97. The fraction of sp³-hybridized carbons (Fsp3) is 0.293. The average molecular weight is 761 g/mol. The number of para-hydroxylation sites is 3. The van der Waals surface area contributed by atoms with E-state index in [2.05, 4.69) is 36.2 Å². The Hall–Kier alpha value is -6.45. The highest BCUT2D eigenvalue weighted by atomic mass is 16.2. The Kier molecular flexibility index (Phi) is 12.8. The third-order valence-corrected chi connectivity index (χ3v) is 9.94. The lowest BCUT2D eigenvalue weighted by atomic mass is 10.00. The summed E-state index contributed by atoms with van der Waals surface area (Å²) in [6.45, 7) is 0.375. The van der Waals surface area contributed by atoms with Crippen LogP contribution in [-0.4, -0.2) is 81.7 Å². The van der Waals surface area contributed by atoms with Gasteiger partial charge in [-0.2, -0.15) is 0 Å². The highest BCUT2D eigenvalue weighted by Crippen LogP contribution is 2.22. The van der Waals surface area contributed by atoms with Gasteiger partial charge >= 0.3 is 0 Å². The molecule has 0 fully saturated rings. The molecule has 15 heteroatoms. The van der Waals surface area contributed by atoms with Crippen molar-refractivity contribution in [3.63, 3.8) is 0 Å². The standard InChI is InChI=1S/C41H48N10O5/c42-16-7-14-33(38(44)53)49-40(55)35(19-25-22-46-31-12-5-2-9-28(25)31)51-41(56)36(20-26-23-47-32-13-6-3-10-29(26)32)50-39(54)34(48-37(52)15-17-43)18-24-21-45-30-11-4-1-8-27(24)30/h1-6,8-13,21-23,33-36,45-47H,7,14-20,42-43H2,(H2,44,53)(H,48,52)(H,49,55)(H,50,54)(H,51,56)/t33-,34-,35+,36+/m0/s1. The molecule has 0 saturated carbocycles. The van der Waals surface area contributed by atoms with Crippen LogP contribution in [0.15, 0.2) is 91.4 Å². The van der Waals surface area contributed by atoms with E-state index in [1.165, 1.54) is 0 Å². The van der Waals surface area contributed by atoms with Gasteiger partial charge in [0.1, 0.15) is 24.2 Å². The van der Waals surface area contributed by atoms with E-state index in [-0.39, 0.29) is 38.6 Å². The van der Waals surface area contributed by atoms with Gasteiger partial charge in [0.2, 0.25) is 29.5 Å². The predicted molar refractivity (Wildman–Crippen MR) is 215 cm³/mol. The molecule has 4 atom stereocenters. The van der Waals surface area contributed by atoms with Crippen molar-refractivity contribution >= 4 is 62.2 Å². The van der Waals surface area contributed by atoms with Gasteiger partial charge < -0.3 is 53.4 Å². The van der Waals surface area contributed by atoms with Crippen molar-refractivity contribution in [3.05, 3.63) is 108 Å². The molecule has 0 aliphatic heterocycles. The minimum atomic E-state index is -1.21. The first kappa shape index (κ1) is 39.2. The molecule has 3 aromatic heterocycles. The molecule has 3 aromatic carbocycles. The van der Waals surface area contributed by atoms with E-state index >= 15 is 0 Å². The molecule has 5 amide bonds. The first-order valence-electron chi connectivity index (χ1n) is 18.7. The summed E-state index contributed by atoms with van der Waals surface area (Å²) in [6, 6.07) is 18.2. The summed E-state index contributed by atoms with van der Waals surface area (Å²) >= 11 is 0. The minimum absolute atomic E-state index is 0.000869. The van der Waals surface area contributed by atoms with E-state index in [1.807, 2.05) is 72.8 Å². The van der Waals surface area contributed by atoms with Gasteiger partial charge in [-0.3, -0.25) is 24.0 Å². The van der Waals surface area contributed by atoms with Crippen molar-refractivity contribution in [1.29, 1.82) is 0 Å². The molecule has 0 bridgehead atoms. The number of aromatic nitrogens is 3. The number of nitrogens with two attached hydrogens (primary N) is 3. The number of rotatable bonds is 19. The van der Waals surface area contributed by atoms with E-state index in [0.29, 0.717) is 13.0 Å². The summed E-state index contributed by atoms with van der Waals surface area (Å²) in [7, 11) is 0. The molecule has 0 unspecified atom stereocenters. The summed E-state index contributed by atoms with van der Waals surface area (Å²) in [5, 5.41) is 13.9. The van der Waals surface area contributed by atoms with Crippen molar-refractivity contribution in [2.45, 2.75) is 62.7 Å². The average Bonchev–Trinajstić information content (AvgIpc) is 3.92. The molecular formula is C41H48N10O5. The number of carbonyl (C=O) groups excluding carboxylic acids is 5. The Balaban J connectivity index is 1.32. The molecular weight excluding hydrogens is 713 g/mol. The lowest BCUT2D eigenvalue weighted by molar-refractivity contribution is -0.134. The molecule has 0 radical (unpaired) electrons. The van der Waals surface area contributed by atoms with Crippen molar-refractivity contribution in [2.75, 3.05) is 13.1 Å². The van der Waals surface area contributed by atoms with Crippen molar-refractivity contribution < 1.29 is 24.0 Å². The van der Waals surface area contributed by atoms with E-state index in [0.717, 1.165) is 49.4 Å². The van der Waals surface area contributed by atoms with Gasteiger partial charge in [-0.05, 0) is 54.3 Å². The molecule has 6 rings (SSSR count). The number of hydrogen-bond acceptors (Lipinski definition) is 7. The molecule has 292 valence electrons. The van der Waals surface area contributed by atoms with Gasteiger partial charge in [0, 0.05) is 83.5 Å². The van der Waals surface area contributed by atoms with Crippen LogP contribution in [-0.2, 0) is 43.2 Å². The Morgan fingerprint density at radius 2 is 0.893 bits per heavy atom. The smallest absolute Gasteiger partial charge is 0.243 e. The lowest BCUT2D eigenvalue weighted by Gasteiger charge is -2.26. The Morgan fingerprint density at radius 3 is 1.27 bits per heavy atom.